The van der Waals surface area contributed by atoms with Gasteiger partial charge in [0, 0.05) is 23.5 Å². The van der Waals surface area contributed by atoms with Gasteiger partial charge in [-0.15, -0.1) is 0 Å². The molecule has 7 nitrogen and oxygen atoms in total. The van der Waals surface area contributed by atoms with Crippen LogP contribution in [-0.4, -0.2) is 23.1 Å². The number of ether oxygens (including phenoxy) is 2. The van der Waals surface area contributed by atoms with Crippen molar-refractivity contribution in [2.75, 3.05) is 17.7 Å². The molecule has 9 heteroatoms. The molecule has 0 saturated carbocycles. The van der Waals surface area contributed by atoms with Crippen molar-refractivity contribution in [2.45, 2.75) is 0 Å². The normalized spacial score (nSPS) is 10.5. The molecule has 0 atom stereocenters. The van der Waals surface area contributed by atoms with Crippen molar-refractivity contribution in [1.29, 1.82) is 0 Å². The Kier molecular flexibility index (Phi) is 5.57. The van der Waals surface area contributed by atoms with Crippen LogP contribution in [0.5, 0.6) is 17.4 Å². The average Bonchev–Trinajstić information content (AvgIpc) is 2.77. The van der Waals surface area contributed by atoms with Crippen LogP contribution in [0.1, 0.15) is 0 Å². The molecule has 0 spiro atoms. The first-order valence-corrected chi connectivity index (χ1v) is 9.12. The Morgan fingerprint density at radius 3 is 2.29 bits per heavy atom. The zero-order valence-corrected chi connectivity index (χ0v) is 16.2. The number of methoxy groups -OCH3 is 1. The summed E-state index contributed by atoms with van der Waals surface area (Å²) in [6, 6.07) is 14.4. The summed E-state index contributed by atoms with van der Waals surface area (Å²) in [6.45, 7) is 0. The van der Waals surface area contributed by atoms with Crippen molar-refractivity contribution < 1.29 is 23.0 Å². The lowest BCUT2D eigenvalue weighted by atomic mass is 10.2. The fourth-order valence-electron chi connectivity index (χ4n) is 2.75. The van der Waals surface area contributed by atoms with E-state index in [4.69, 9.17) is 9.47 Å². The Labute approximate surface area is 175 Å². The number of aromatic nitrogens is 2. The SMILES string of the molecule is COc1cnc2ccc(Oc3ccc(NC(=O)Nc4ccc(F)c(F)c4)cc3)cc2n1. The molecule has 4 rings (SSSR count). The third-order valence-electron chi connectivity index (χ3n) is 4.23. The third kappa shape index (κ3) is 4.84. The average molecular weight is 422 g/mol. The summed E-state index contributed by atoms with van der Waals surface area (Å²) in [5.74, 6) is -0.521. The topological polar surface area (TPSA) is 85.4 Å². The first kappa shape index (κ1) is 20.0. The molecule has 0 aliphatic rings. The van der Waals surface area contributed by atoms with E-state index < -0.39 is 17.7 Å². The number of hydrogen-bond acceptors (Lipinski definition) is 5. The number of amides is 2. The summed E-state index contributed by atoms with van der Waals surface area (Å²) in [7, 11) is 1.52. The maximum absolute atomic E-state index is 13.2. The molecule has 2 amide bonds. The van der Waals surface area contributed by atoms with Gasteiger partial charge in [-0.25, -0.2) is 23.5 Å². The van der Waals surface area contributed by atoms with Crippen molar-refractivity contribution in [2.24, 2.45) is 0 Å². The largest absolute Gasteiger partial charge is 0.480 e. The van der Waals surface area contributed by atoms with Crippen LogP contribution in [0.25, 0.3) is 11.0 Å². The van der Waals surface area contributed by atoms with Crippen molar-refractivity contribution >= 4 is 28.4 Å². The minimum absolute atomic E-state index is 0.132. The monoisotopic (exact) mass is 422 g/mol. The number of urea groups is 1. The van der Waals surface area contributed by atoms with Gasteiger partial charge in [0.25, 0.3) is 0 Å². The maximum Gasteiger partial charge on any atom is 0.323 e. The van der Waals surface area contributed by atoms with E-state index in [9.17, 15) is 13.6 Å². The summed E-state index contributed by atoms with van der Waals surface area (Å²) < 4.78 is 37.1. The van der Waals surface area contributed by atoms with E-state index in [1.54, 1.807) is 42.5 Å². The number of halogens is 2. The second-order valence-electron chi connectivity index (χ2n) is 6.40. The van der Waals surface area contributed by atoms with Gasteiger partial charge in [-0.2, -0.15) is 0 Å². The van der Waals surface area contributed by atoms with E-state index in [1.807, 2.05) is 0 Å². The lowest BCUT2D eigenvalue weighted by Gasteiger charge is -2.10. The molecule has 1 aromatic heterocycles. The molecule has 0 unspecified atom stereocenters. The van der Waals surface area contributed by atoms with Gasteiger partial charge in [0.15, 0.2) is 11.6 Å². The van der Waals surface area contributed by atoms with Crippen LogP contribution in [0.15, 0.2) is 66.9 Å². The molecule has 0 bridgehead atoms. The highest BCUT2D eigenvalue weighted by Gasteiger charge is 2.07. The molecule has 4 aromatic rings. The zero-order chi connectivity index (χ0) is 21.8. The lowest BCUT2D eigenvalue weighted by Crippen LogP contribution is -2.19. The molecule has 2 N–H and O–H groups in total. The number of carbonyl (C=O) groups is 1. The Hall–Kier alpha value is -4.27. The van der Waals surface area contributed by atoms with Gasteiger partial charge in [-0.3, -0.25) is 0 Å². The third-order valence-corrected chi connectivity index (χ3v) is 4.23. The van der Waals surface area contributed by atoms with Crippen molar-refractivity contribution in [3.8, 4) is 17.4 Å². The van der Waals surface area contributed by atoms with Gasteiger partial charge < -0.3 is 20.1 Å². The number of anilines is 2. The highest BCUT2D eigenvalue weighted by molar-refractivity contribution is 5.99. The molecule has 3 aromatic carbocycles. The zero-order valence-electron chi connectivity index (χ0n) is 16.2. The molecule has 31 heavy (non-hydrogen) atoms. The van der Waals surface area contributed by atoms with Crippen molar-refractivity contribution in [1.82, 2.24) is 9.97 Å². The maximum atomic E-state index is 13.2. The van der Waals surface area contributed by atoms with Gasteiger partial charge in [0.1, 0.15) is 11.5 Å². The van der Waals surface area contributed by atoms with Gasteiger partial charge in [0.2, 0.25) is 5.88 Å². The summed E-state index contributed by atoms with van der Waals surface area (Å²) in [5.41, 5.74) is 1.96. The number of nitrogens with zero attached hydrogens (tertiary/aromatic N) is 2. The summed E-state index contributed by atoms with van der Waals surface area (Å²) in [4.78, 5) is 20.6. The molecule has 0 aliphatic heterocycles. The highest BCUT2D eigenvalue weighted by Crippen LogP contribution is 2.26. The molecule has 0 saturated heterocycles. The lowest BCUT2D eigenvalue weighted by molar-refractivity contribution is 0.262. The van der Waals surface area contributed by atoms with Gasteiger partial charge >= 0.3 is 6.03 Å². The number of rotatable bonds is 5. The second kappa shape index (κ2) is 8.62. The van der Waals surface area contributed by atoms with Crippen LogP contribution in [0, 0.1) is 11.6 Å². The van der Waals surface area contributed by atoms with E-state index in [-0.39, 0.29) is 5.69 Å². The first-order chi connectivity index (χ1) is 15.0. The molecular formula is C22H16F2N4O3. The van der Waals surface area contributed by atoms with E-state index >= 15 is 0 Å². The highest BCUT2D eigenvalue weighted by atomic mass is 19.2. The fourth-order valence-corrected chi connectivity index (χ4v) is 2.75. The van der Waals surface area contributed by atoms with Gasteiger partial charge in [-0.05, 0) is 48.5 Å². The minimum Gasteiger partial charge on any atom is -0.480 e. The Bertz CT molecular complexity index is 1250. The Morgan fingerprint density at radius 1 is 0.839 bits per heavy atom. The molecule has 0 aliphatic carbocycles. The van der Waals surface area contributed by atoms with Crippen LogP contribution in [-0.2, 0) is 0 Å². The van der Waals surface area contributed by atoms with Gasteiger partial charge in [0.05, 0.1) is 24.3 Å². The Morgan fingerprint density at radius 2 is 1.55 bits per heavy atom. The number of benzene rings is 3. The molecule has 0 radical (unpaired) electrons. The van der Waals surface area contributed by atoms with E-state index in [2.05, 4.69) is 20.6 Å². The smallest absolute Gasteiger partial charge is 0.323 e. The summed E-state index contributed by atoms with van der Waals surface area (Å²) >= 11 is 0. The van der Waals surface area contributed by atoms with E-state index in [0.717, 1.165) is 12.1 Å². The number of hydrogen-bond donors (Lipinski definition) is 2. The minimum atomic E-state index is -1.04. The van der Waals surface area contributed by atoms with E-state index in [1.165, 1.54) is 19.4 Å². The predicted molar refractivity (Wildman–Crippen MR) is 112 cm³/mol. The standard InChI is InChI=1S/C22H16F2N4O3/c1-30-21-12-25-19-9-7-16(11-20(19)28-21)31-15-5-2-13(3-6-15)26-22(29)27-14-4-8-17(23)18(24)10-14/h2-12H,1H3,(H2,26,27,29). The van der Waals surface area contributed by atoms with Crippen molar-refractivity contribution in [3.63, 3.8) is 0 Å². The molecule has 0 fully saturated rings. The first-order valence-electron chi connectivity index (χ1n) is 9.12. The number of nitrogens with one attached hydrogen (secondary N) is 2. The fraction of sp³-hybridized carbons (Fsp3) is 0.0455. The van der Waals surface area contributed by atoms with Crippen molar-refractivity contribution in [3.05, 3.63) is 78.5 Å². The van der Waals surface area contributed by atoms with Gasteiger partial charge in [-0.1, -0.05) is 0 Å². The Balaban J connectivity index is 1.40. The molecular weight excluding hydrogens is 406 g/mol. The summed E-state index contributed by atoms with van der Waals surface area (Å²) in [5, 5.41) is 5.03. The predicted octanol–water partition coefficient (Wildman–Crippen LogP) is 5.35. The van der Waals surface area contributed by atoms with Crippen LogP contribution in [0.4, 0.5) is 25.0 Å². The van der Waals surface area contributed by atoms with Crippen LogP contribution < -0.4 is 20.1 Å². The van der Waals surface area contributed by atoms with Crippen LogP contribution in [0.3, 0.4) is 0 Å². The van der Waals surface area contributed by atoms with Crippen LogP contribution in [0.2, 0.25) is 0 Å². The number of fused-ring (bicyclic) bond motifs is 1. The number of carbonyl (C=O) groups excluding carboxylic acids is 1. The quantitative estimate of drug-likeness (QED) is 0.453. The molecule has 156 valence electrons. The van der Waals surface area contributed by atoms with E-state index in [0.29, 0.717) is 34.1 Å². The second-order valence-corrected chi connectivity index (χ2v) is 6.40. The summed E-state index contributed by atoms with van der Waals surface area (Å²) in [6.07, 6.45) is 1.54. The molecule has 1 heterocycles. The van der Waals surface area contributed by atoms with Crippen LogP contribution >= 0.6 is 0 Å².